The second-order valence-corrected chi connectivity index (χ2v) is 7.25. The number of anilines is 2. The van der Waals surface area contributed by atoms with E-state index >= 15 is 0 Å². The van der Waals surface area contributed by atoms with E-state index in [-0.39, 0.29) is 18.2 Å². The molecular weight excluding hydrogens is 274 g/mol. The molecule has 0 aromatic carbocycles. The van der Waals surface area contributed by atoms with E-state index in [1.54, 1.807) is 0 Å². The van der Waals surface area contributed by atoms with Crippen LogP contribution in [0.4, 0.5) is 17.3 Å². The highest BCUT2D eigenvalue weighted by Gasteiger charge is 2.31. The molecule has 0 aliphatic rings. The summed E-state index contributed by atoms with van der Waals surface area (Å²) in [6, 6.07) is 0. The molecule has 1 rings (SSSR count). The lowest BCUT2D eigenvalue weighted by Gasteiger charge is -2.22. The molecule has 106 valence electrons. The average molecular weight is 289 g/mol. The summed E-state index contributed by atoms with van der Waals surface area (Å²) < 4.78 is 22.0. The zero-order valence-electron chi connectivity index (χ0n) is 10.7. The molecule has 19 heavy (non-hydrogen) atoms. The summed E-state index contributed by atoms with van der Waals surface area (Å²) >= 11 is 0. The maximum Gasteiger partial charge on any atom is 0.352 e. The molecule has 0 atom stereocenters. The minimum absolute atomic E-state index is 0.0386. The summed E-state index contributed by atoms with van der Waals surface area (Å²) in [5.74, 6) is -0.381. The Hall–Kier alpha value is -1.97. The van der Waals surface area contributed by atoms with Gasteiger partial charge in [-0.05, 0) is 13.8 Å². The van der Waals surface area contributed by atoms with Gasteiger partial charge in [-0.15, -0.1) is 0 Å². The zero-order valence-corrected chi connectivity index (χ0v) is 11.6. The number of rotatable bonds is 5. The van der Waals surface area contributed by atoms with Crippen molar-refractivity contribution in [1.82, 2.24) is 9.97 Å². The minimum Gasteiger partial charge on any atom is -0.378 e. The number of nitrogens with one attached hydrogen (secondary N) is 1. The molecule has 0 saturated carbocycles. The normalized spacial score (nSPS) is 12.2. The fraction of sp³-hybridized carbons (Fsp3) is 0.556. The van der Waals surface area contributed by atoms with Crippen LogP contribution in [0.3, 0.4) is 0 Å². The van der Waals surface area contributed by atoms with Crippen LogP contribution >= 0.6 is 0 Å². The van der Waals surface area contributed by atoms with E-state index < -0.39 is 25.2 Å². The number of nitrogens with zero attached hydrogens (tertiary/aromatic N) is 3. The molecule has 0 fully saturated rings. The van der Waals surface area contributed by atoms with Crippen LogP contribution in [0.15, 0.2) is 6.33 Å². The molecule has 9 nitrogen and oxygen atoms in total. The van der Waals surface area contributed by atoms with Gasteiger partial charge >= 0.3 is 5.69 Å². The molecule has 0 aliphatic carbocycles. The van der Waals surface area contributed by atoms with E-state index in [1.165, 1.54) is 13.8 Å². The highest BCUT2D eigenvalue weighted by molar-refractivity contribution is 7.92. The van der Waals surface area contributed by atoms with Gasteiger partial charge < -0.3 is 11.1 Å². The van der Waals surface area contributed by atoms with Crippen molar-refractivity contribution in [1.29, 1.82) is 0 Å². The molecule has 3 N–H and O–H groups in total. The van der Waals surface area contributed by atoms with Crippen LogP contribution < -0.4 is 11.1 Å². The smallest absolute Gasteiger partial charge is 0.352 e. The van der Waals surface area contributed by atoms with Crippen LogP contribution in [0.5, 0.6) is 0 Å². The number of nitrogen functional groups attached to an aromatic ring is 1. The molecule has 1 aromatic rings. The van der Waals surface area contributed by atoms with Crippen molar-refractivity contribution in [2.24, 2.45) is 0 Å². The van der Waals surface area contributed by atoms with Crippen molar-refractivity contribution in [2.45, 2.75) is 18.6 Å². The first-order chi connectivity index (χ1) is 8.56. The van der Waals surface area contributed by atoms with Gasteiger partial charge in [0.15, 0.2) is 9.84 Å². The molecule has 1 heterocycles. The number of nitrogens with two attached hydrogens (primary N) is 1. The van der Waals surface area contributed by atoms with E-state index in [0.717, 1.165) is 12.6 Å². The number of aromatic nitrogens is 2. The van der Waals surface area contributed by atoms with Gasteiger partial charge in [-0.25, -0.2) is 18.4 Å². The highest BCUT2D eigenvalue weighted by atomic mass is 32.2. The van der Waals surface area contributed by atoms with Gasteiger partial charge in [-0.3, -0.25) is 10.1 Å². The number of sulfone groups is 1. The molecule has 0 spiro atoms. The van der Waals surface area contributed by atoms with Crippen LogP contribution in [0.1, 0.15) is 13.8 Å². The van der Waals surface area contributed by atoms with Crippen LogP contribution in [-0.4, -0.2) is 40.9 Å². The van der Waals surface area contributed by atoms with E-state index in [1.807, 2.05) is 0 Å². The number of hydrogen-bond donors (Lipinski definition) is 2. The largest absolute Gasteiger partial charge is 0.378 e. The van der Waals surface area contributed by atoms with E-state index in [0.29, 0.717) is 0 Å². The van der Waals surface area contributed by atoms with Gasteiger partial charge in [0, 0.05) is 12.8 Å². The van der Waals surface area contributed by atoms with E-state index in [2.05, 4.69) is 15.3 Å². The predicted octanol–water partition coefficient (Wildman–Crippen LogP) is 0.202. The van der Waals surface area contributed by atoms with Crippen molar-refractivity contribution in [2.75, 3.05) is 23.9 Å². The van der Waals surface area contributed by atoms with Crippen molar-refractivity contribution in [3.8, 4) is 0 Å². The summed E-state index contributed by atoms with van der Waals surface area (Å²) in [6.07, 6.45) is 2.16. The standard InChI is InChI=1S/C9H15N5O4S/c1-9(2,19(3,17)18)4-11-8-6(14(15)16)7(10)12-5-13-8/h5H,4H2,1-3H3,(H3,10,11,12,13). The maximum absolute atomic E-state index is 11.5. The quantitative estimate of drug-likeness (QED) is 0.578. The van der Waals surface area contributed by atoms with Gasteiger partial charge in [-0.2, -0.15) is 0 Å². The lowest BCUT2D eigenvalue weighted by atomic mass is 10.2. The van der Waals surface area contributed by atoms with Gasteiger partial charge in [0.05, 0.1) is 9.67 Å². The zero-order chi connectivity index (χ0) is 14.8. The molecule has 0 aliphatic heterocycles. The van der Waals surface area contributed by atoms with Crippen molar-refractivity contribution in [3.05, 3.63) is 16.4 Å². The molecule has 1 aromatic heterocycles. The Kier molecular flexibility index (Phi) is 3.94. The van der Waals surface area contributed by atoms with E-state index in [9.17, 15) is 18.5 Å². The second-order valence-electron chi connectivity index (χ2n) is 4.60. The fourth-order valence-corrected chi connectivity index (χ4v) is 1.46. The van der Waals surface area contributed by atoms with Crippen LogP contribution in [0.25, 0.3) is 0 Å². The summed E-state index contributed by atoms with van der Waals surface area (Å²) in [5.41, 5.74) is 4.93. The molecule has 0 saturated heterocycles. The summed E-state index contributed by atoms with van der Waals surface area (Å²) in [5, 5.41) is 13.5. The van der Waals surface area contributed by atoms with Gasteiger partial charge in [0.1, 0.15) is 6.33 Å². The van der Waals surface area contributed by atoms with Crippen molar-refractivity contribution in [3.63, 3.8) is 0 Å². The first-order valence-electron chi connectivity index (χ1n) is 5.24. The molecule has 10 heteroatoms. The van der Waals surface area contributed by atoms with Gasteiger partial charge in [0.25, 0.3) is 0 Å². The Morgan fingerprint density at radius 3 is 2.53 bits per heavy atom. The SMILES string of the molecule is CC(C)(CNc1ncnc(N)c1[N+](=O)[O-])S(C)(=O)=O. The van der Waals surface area contributed by atoms with Crippen molar-refractivity contribution >= 4 is 27.2 Å². The number of hydrogen-bond acceptors (Lipinski definition) is 8. The minimum atomic E-state index is -3.32. The fourth-order valence-electron chi connectivity index (χ4n) is 1.13. The van der Waals surface area contributed by atoms with Crippen LogP contribution in [0.2, 0.25) is 0 Å². The highest BCUT2D eigenvalue weighted by Crippen LogP contribution is 2.27. The lowest BCUT2D eigenvalue weighted by molar-refractivity contribution is -0.383. The van der Waals surface area contributed by atoms with E-state index in [4.69, 9.17) is 5.73 Å². The molecular formula is C9H15N5O4S. The Labute approximate surface area is 110 Å². The van der Waals surface area contributed by atoms with Crippen molar-refractivity contribution < 1.29 is 13.3 Å². The molecule has 0 radical (unpaired) electrons. The monoisotopic (exact) mass is 289 g/mol. The Balaban J connectivity index is 3.03. The van der Waals surface area contributed by atoms with Crippen LogP contribution in [0, 0.1) is 10.1 Å². The first-order valence-corrected chi connectivity index (χ1v) is 7.14. The molecule has 0 bridgehead atoms. The Morgan fingerprint density at radius 1 is 1.47 bits per heavy atom. The third kappa shape index (κ3) is 3.28. The maximum atomic E-state index is 11.5. The average Bonchev–Trinajstić information content (AvgIpc) is 2.24. The third-order valence-corrected chi connectivity index (χ3v) is 4.87. The summed E-state index contributed by atoms with van der Waals surface area (Å²) in [6.45, 7) is 2.97. The Morgan fingerprint density at radius 2 is 2.05 bits per heavy atom. The first kappa shape index (κ1) is 15.1. The van der Waals surface area contributed by atoms with Gasteiger partial charge in [0.2, 0.25) is 11.6 Å². The summed E-state index contributed by atoms with van der Waals surface area (Å²) in [7, 11) is -3.32. The molecule has 0 unspecified atom stereocenters. The topological polar surface area (TPSA) is 141 Å². The van der Waals surface area contributed by atoms with Gasteiger partial charge in [-0.1, -0.05) is 0 Å². The number of nitro groups is 1. The lowest BCUT2D eigenvalue weighted by Crippen LogP contribution is -2.38. The molecule has 0 amide bonds. The predicted molar refractivity (Wildman–Crippen MR) is 70.5 cm³/mol. The second kappa shape index (κ2) is 4.96. The third-order valence-electron chi connectivity index (χ3n) is 2.72. The Bertz CT molecular complexity index is 599. The van der Waals surface area contributed by atoms with Crippen LogP contribution in [-0.2, 0) is 9.84 Å². The summed E-state index contributed by atoms with van der Waals surface area (Å²) in [4.78, 5) is 17.4.